The van der Waals surface area contributed by atoms with Gasteiger partial charge in [-0.15, -0.1) is 0 Å². The topological polar surface area (TPSA) is 56.4 Å². The van der Waals surface area contributed by atoms with E-state index in [0.717, 1.165) is 0 Å². The fourth-order valence-electron chi connectivity index (χ4n) is 0.775. The zero-order valence-electron chi connectivity index (χ0n) is 6.03. The number of benzene rings is 1. The van der Waals surface area contributed by atoms with Crippen molar-refractivity contribution in [3.05, 3.63) is 35.4 Å². The Hall–Kier alpha value is -1.53. The molecule has 3 nitrogen and oxygen atoms in total. The van der Waals surface area contributed by atoms with Crippen LogP contribution in [-0.2, 0) is 0 Å². The molecule has 0 aliphatic rings. The highest BCUT2D eigenvalue weighted by atomic mass is 35.5. The fourth-order valence-corrected chi connectivity index (χ4v) is 0.892. The van der Waals surface area contributed by atoms with Gasteiger partial charge in [-0.25, -0.2) is 0 Å². The maximum atomic E-state index is 8.52. The number of rotatable bonds is 1. The fraction of sp³-hybridized carbons (Fsp3) is 0. The third-order valence-corrected chi connectivity index (χ3v) is 1.61. The van der Waals surface area contributed by atoms with Crippen LogP contribution in [0.4, 0.5) is 0 Å². The monoisotopic (exact) mass is 180 g/mol. The standard InChI is InChI=1S/C8H5ClN2O/c9-8(11-12)7-3-1-2-6(4-7)5-10/h1-4,12H. The van der Waals surface area contributed by atoms with Crippen molar-refractivity contribution in [2.45, 2.75) is 0 Å². The van der Waals surface area contributed by atoms with Crippen LogP contribution in [0.15, 0.2) is 29.4 Å². The van der Waals surface area contributed by atoms with Crippen LogP contribution < -0.4 is 0 Å². The Morgan fingerprint density at radius 3 is 2.92 bits per heavy atom. The Kier molecular flexibility index (Phi) is 2.67. The second kappa shape index (κ2) is 3.74. The normalized spacial score (nSPS) is 10.8. The molecule has 0 spiro atoms. The van der Waals surface area contributed by atoms with Crippen LogP contribution in [0.1, 0.15) is 11.1 Å². The van der Waals surface area contributed by atoms with Crippen molar-refractivity contribution in [2.75, 3.05) is 0 Å². The van der Waals surface area contributed by atoms with E-state index >= 15 is 0 Å². The van der Waals surface area contributed by atoms with Crippen LogP contribution in [0, 0.1) is 11.3 Å². The SMILES string of the molecule is N#Cc1cccc(C(Cl)=NO)c1. The molecule has 1 aromatic carbocycles. The van der Waals surface area contributed by atoms with Gasteiger partial charge in [-0.3, -0.25) is 0 Å². The van der Waals surface area contributed by atoms with E-state index in [0.29, 0.717) is 11.1 Å². The summed E-state index contributed by atoms with van der Waals surface area (Å²) in [5.74, 6) is 0. The Labute approximate surface area is 74.5 Å². The third-order valence-electron chi connectivity index (χ3n) is 1.32. The quantitative estimate of drug-likeness (QED) is 0.408. The summed E-state index contributed by atoms with van der Waals surface area (Å²) in [6.07, 6.45) is 0. The number of nitrogens with zero attached hydrogens (tertiary/aromatic N) is 2. The average molecular weight is 181 g/mol. The Morgan fingerprint density at radius 2 is 2.33 bits per heavy atom. The predicted molar refractivity (Wildman–Crippen MR) is 45.3 cm³/mol. The van der Waals surface area contributed by atoms with Gasteiger partial charge in [0.1, 0.15) is 0 Å². The van der Waals surface area contributed by atoms with Crippen molar-refractivity contribution in [1.29, 1.82) is 5.26 Å². The molecule has 1 aromatic rings. The summed E-state index contributed by atoms with van der Waals surface area (Å²) in [6, 6.07) is 8.46. The molecule has 1 N–H and O–H groups in total. The molecule has 12 heavy (non-hydrogen) atoms. The highest BCUT2D eigenvalue weighted by Gasteiger charge is 2.00. The molecule has 0 aromatic heterocycles. The third kappa shape index (κ3) is 1.74. The predicted octanol–water partition coefficient (Wildman–Crippen LogP) is 1.93. The second-order valence-electron chi connectivity index (χ2n) is 2.08. The summed E-state index contributed by atoms with van der Waals surface area (Å²) in [4.78, 5) is 0. The molecule has 1 rings (SSSR count). The number of oxime groups is 1. The lowest BCUT2D eigenvalue weighted by Gasteiger charge is -1.95. The van der Waals surface area contributed by atoms with Gasteiger partial charge in [0.05, 0.1) is 11.6 Å². The molecule has 0 unspecified atom stereocenters. The maximum Gasteiger partial charge on any atom is 0.175 e. The largest absolute Gasteiger partial charge is 0.410 e. The Morgan fingerprint density at radius 1 is 1.58 bits per heavy atom. The Balaban J connectivity index is 3.12. The molecule has 0 aliphatic heterocycles. The summed E-state index contributed by atoms with van der Waals surface area (Å²) in [5.41, 5.74) is 1.01. The highest BCUT2D eigenvalue weighted by molar-refractivity contribution is 6.69. The van der Waals surface area contributed by atoms with Crippen LogP contribution in [0.3, 0.4) is 0 Å². The van der Waals surface area contributed by atoms with E-state index in [4.69, 9.17) is 22.1 Å². The van der Waals surface area contributed by atoms with Gasteiger partial charge in [0.2, 0.25) is 0 Å². The number of hydrogen-bond donors (Lipinski definition) is 1. The molecule has 0 amide bonds. The van der Waals surface area contributed by atoms with Crippen LogP contribution >= 0.6 is 11.6 Å². The molecule has 0 saturated heterocycles. The van der Waals surface area contributed by atoms with E-state index in [2.05, 4.69) is 5.16 Å². The van der Waals surface area contributed by atoms with E-state index in [-0.39, 0.29) is 5.17 Å². The van der Waals surface area contributed by atoms with Crippen LogP contribution in [0.2, 0.25) is 0 Å². The van der Waals surface area contributed by atoms with Gasteiger partial charge in [-0.2, -0.15) is 5.26 Å². The number of hydrogen-bond acceptors (Lipinski definition) is 3. The van der Waals surface area contributed by atoms with E-state index in [9.17, 15) is 0 Å². The van der Waals surface area contributed by atoms with Crippen molar-refractivity contribution in [3.63, 3.8) is 0 Å². The molecule has 0 fully saturated rings. The number of nitriles is 1. The lowest BCUT2D eigenvalue weighted by molar-refractivity contribution is 0.321. The first-order chi connectivity index (χ1) is 5.77. The van der Waals surface area contributed by atoms with Crippen LogP contribution in [0.25, 0.3) is 0 Å². The molecule has 0 aliphatic carbocycles. The molecule has 0 saturated carbocycles. The van der Waals surface area contributed by atoms with Gasteiger partial charge in [0.25, 0.3) is 0 Å². The summed E-state index contributed by atoms with van der Waals surface area (Å²) >= 11 is 5.51. The summed E-state index contributed by atoms with van der Waals surface area (Å²) in [7, 11) is 0. The van der Waals surface area contributed by atoms with Crippen LogP contribution in [-0.4, -0.2) is 10.4 Å². The zero-order valence-corrected chi connectivity index (χ0v) is 6.78. The smallest absolute Gasteiger partial charge is 0.175 e. The molecule has 0 heterocycles. The first kappa shape index (κ1) is 8.57. The van der Waals surface area contributed by atoms with Gasteiger partial charge in [0, 0.05) is 5.56 Å². The zero-order chi connectivity index (χ0) is 8.97. The molecule has 4 heteroatoms. The molecule has 0 bridgehead atoms. The van der Waals surface area contributed by atoms with Crippen molar-refractivity contribution >= 4 is 16.8 Å². The lowest BCUT2D eigenvalue weighted by Crippen LogP contribution is -1.90. The minimum Gasteiger partial charge on any atom is -0.410 e. The highest BCUT2D eigenvalue weighted by Crippen LogP contribution is 2.07. The summed E-state index contributed by atoms with van der Waals surface area (Å²) in [5, 5.41) is 19.6. The van der Waals surface area contributed by atoms with Crippen molar-refractivity contribution in [1.82, 2.24) is 0 Å². The van der Waals surface area contributed by atoms with E-state index < -0.39 is 0 Å². The number of halogens is 1. The van der Waals surface area contributed by atoms with E-state index in [1.54, 1.807) is 24.3 Å². The van der Waals surface area contributed by atoms with Crippen LogP contribution in [0.5, 0.6) is 0 Å². The summed E-state index contributed by atoms with van der Waals surface area (Å²) < 4.78 is 0. The lowest BCUT2D eigenvalue weighted by atomic mass is 10.1. The van der Waals surface area contributed by atoms with Gasteiger partial charge in [-0.1, -0.05) is 28.9 Å². The van der Waals surface area contributed by atoms with Gasteiger partial charge < -0.3 is 5.21 Å². The minimum absolute atomic E-state index is 0.0212. The maximum absolute atomic E-state index is 8.52. The molecular formula is C8H5ClN2O. The molecular weight excluding hydrogens is 176 g/mol. The molecule has 60 valence electrons. The Bertz CT molecular complexity index is 354. The first-order valence-corrected chi connectivity index (χ1v) is 3.54. The second-order valence-corrected chi connectivity index (χ2v) is 2.44. The van der Waals surface area contributed by atoms with Gasteiger partial charge in [-0.05, 0) is 12.1 Å². The minimum atomic E-state index is -0.0212. The summed E-state index contributed by atoms with van der Waals surface area (Å²) in [6.45, 7) is 0. The van der Waals surface area contributed by atoms with E-state index in [1.165, 1.54) is 0 Å². The van der Waals surface area contributed by atoms with Crippen molar-refractivity contribution in [2.24, 2.45) is 5.16 Å². The molecule has 0 atom stereocenters. The van der Waals surface area contributed by atoms with Crippen molar-refractivity contribution < 1.29 is 5.21 Å². The molecule has 0 radical (unpaired) electrons. The van der Waals surface area contributed by atoms with Gasteiger partial charge >= 0.3 is 0 Å². The van der Waals surface area contributed by atoms with Gasteiger partial charge in [0.15, 0.2) is 5.17 Å². The van der Waals surface area contributed by atoms with E-state index in [1.807, 2.05) is 6.07 Å². The average Bonchev–Trinajstić information content (AvgIpc) is 2.17. The van der Waals surface area contributed by atoms with Crippen molar-refractivity contribution in [3.8, 4) is 6.07 Å². The first-order valence-electron chi connectivity index (χ1n) is 3.16.